The van der Waals surface area contributed by atoms with E-state index in [4.69, 9.17) is 4.74 Å². The van der Waals surface area contributed by atoms with E-state index in [1.165, 1.54) is 19.3 Å². The lowest BCUT2D eigenvalue weighted by molar-refractivity contribution is -0.188. The van der Waals surface area contributed by atoms with Crippen LogP contribution in [0.2, 0.25) is 0 Å². The van der Waals surface area contributed by atoms with Crippen LogP contribution in [0.15, 0.2) is 29.1 Å². The van der Waals surface area contributed by atoms with Crippen molar-refractivity contribution in [2.75, 3.05) is 13.2 Å². The number of benzene rings is 1. The first-order valence-corrected chi connectivity index (χ1v) is 13.4. The lowest BCUT2D eigenvalue weighted by Gasteiger charge is -2.65. The van der Waals surface area contributed by atoms with Crippen LogP contribution >= 0.6 is 0 Å². The lowest BCUT2D eigenvalue weighted by atomic mass is 9.50. The van der Waals surface area contributed by atoms with Crippen LogP contribution in [-0.2, 0) is 10.3 Å². The minimum absolute atomic E-state index is 0.117. The van der Waals surface area contributed by atoms with Crippen molar-refractivity contribution in [1.82, 2.24) is 14.5 Å². The summed E-state index contributed by atoms with van der Waals surface area (Å²) < 4.78 is 7.04. The maximum Gasteiger partial charge on any atom is 0.362 e. The summed E-state index contributed by atoms with van der Waals surface area (Å²) in [5, 5.41) is 11.3. The molecule has 0 spiro atoms. The Hall–Kier alpha value is -2.25. The van der Waals surface area contributed by atoms with Gasteiger partial charge in [-0.2, -0.15) is 0 Å². The van der Waals surface area contributed by atoms with E-state index in [1.807, 2.05) is 28.8 Å². The number of rotatable bonds is 4. The summed E-state index contributed by atoms with van der Waals surface area (Å²) in [6.07, 6.45) is 8.53. The molecule has 5 aliphatic carbocycles. The van der Waals surface area contributed by atoms with Gasteiger partial charge in [0.2, 0.25) is 5.69 Å². The molecule has 1 aromatic carbocycles. The van der Waals surface area contributed by atoms with Crippen molar-refractivity contribution < 1.29 is 14.6 Å². The van der Waals surface area contributed by atoms with E-state index in [0.717, 1.165) is 44.2 Å². The quantitative estimate of drug-likeness (QED) is 0.679. The van der Waals surface area contributed by atoms with Gasteiger partial charge >= 0.3 is 5.97 Å². The number of nitrogens with zero attached hydrogens (tertiary/aromatic N) is 3. The zero-order valence-corrected chi connectivity index (χ0v) is 20.7. The highest BCUT2D eigenvalue weighted by atomic mass is 16.5. The van der Waals surface area contributed by atoms with E-state index < -0.39 is 11.6 Å². The monoisotopic (exact) mass is 477 g/mol. The fourth-order valence-corrected chi connectivity index (χ4v) is 9.57. The standard InChI is InChI=1S/C28H35N3O4/c1-3-35-25(33)23-24(32)31(21-7-5-4-6-20(21)29-23)26(2)15-22-19(26)8-9-30(22)27-11-17-10-18(12-27)14-28(34,13-17)16-27/h4-7,17-19,22,34H,3,8-16H2,1-2H3/t17-,18+,19?,22-,26+,27?,28?/m1/s1. The molecule has 7 atom stereocenters. The number of aliphatic hydroxyl groups is 1. The van der Waals surface area contributed by atoms with Gasteiger partial charge in [0.1, 0.15) is 0 Å². The van der Waals surface area contributed by atoms with E-state index >= 15 is 0 Å². The molecule has 6 fully saturated rings. The maximum absolute atomic E-state index is 13.7. The van der Waals surface area contributed by atoms with Gasteiger partial charge in [-0.05, 0) is 102 Å². The van der Waals surface area contributed by atoms with Crippen molar-refractivity contribution in [2.24, 2.45) is 17.8 Å². The van der Waals surface area contributed by atoms with Gasteiger partial charge in [0.15, 0.2) is 0 Å². The molecule has 8 rings (SSSR count). The fourth-order valence-electron chi connectivity index (χ4n) is 9.57. The number of carbonyl (C=O) groups excluding carboxylic acids is 1. The number of hydrogen-bond donors (Lipinski definition) is 1. The van der Waals surface area contributed by atoms with E-state index in [0.29, 0.717) is 29.3 Å². The largest absolute Gasteiger partial charge is 0.461 e. The van der Waals surface area contributed by atoms with Crippen molar-refractivity contribution in [3.05, 3.63) is 40.3 Å². The summed E-state index contributed by atoms with van der Waals surface area (Å²) >= 11 is 0. The van der Waals surface area contributed by atoms with Gasteiger partial charge in [-0.1, -0.05) is 12.1 Å². The second-order valence-electron chi connectivity index (χ2n) is 12.4. The molecule has 1 saturated heterocycles. The number of para-hydroxylation sites is 2. The van der Waals surface area contributed by atoms with Gasteiger partial charge in [0, 0.05) is 11.6 Å². The van der Waals surface area contributed by atoms with E-state index in [9.17, 15) is 14.7 Å². The summed E-state index contributed by atoms with van der Waals surface area (Å²) in [6, 6.07) is 8.05. The van der Waals surface area contributed by atoms with Crippen LogP contribution in [0.25, 0.3) is 11.0 Å². The Balaban J connectivity index is 1.26. The summed E-state index contributed by atoms with van der Waals surface area (Å²) in [4.78, 5) is 33.5. The molecule has 2 aromatic rings. The average molecular weight is 478 g/mol. The SMILES string of the molecule is CCOC(=O)c1nc2ccccc2n([C@@]2(C)C[C@@H]3C2CCN3C23C[C@@H]4C[C@@H](CC(O)(C4)C2)C3)c1=O. The minimum atomic E-state index is -0.647. The lowest BCUT2D eigenvalue weighted by Crippen LogP contribution is -2.70. The number of likely N-dealkylation sites (tertiary alicyclic amines) is 1. The summed E-state index contributed by atoms with van der Waals surface area (Å²) in [5.41, 5.74) is 0.258. The van der Waals surface area contributed by atoms with Crippen LogP contribution in [-0.4, -0.2) is 55.9 Å². The Labute approximate surface area is 205 Å². The van der Waals surface area contributed by atoms with Gasteiger partial charge in [-0.15, -0.1) is 0 Å². The van der Waals surface area contributed by atoms with Crippen molar-refractivity contribution >= 4 is 17.0 Å². The molecule has 35 heavy (non-hydrogen) atoms. The average Bonchev–Trinajstić information content (AvgIpc) is 3.16. The van der Waals surface area contributed by atoms with Gasteiger partial charge < -0.3 is 9.84 Å². The first kappa shape index (κ1) is 22.0. The normalized spacial score (nSPS) is 41.7. The topological polar surface area (TPSA) is 84.7 Å². The third-order valence-electron chi connectivity index (χ3n) is 10.3. The Morgan fingerprint density at radius 2 is 1.91 bits per heavy atom. The third-order valence-corrected chi connectivity index (χ3v) is 10.3. The molecule has 4 bridgehead atoms. The molecule has 7 nitrogen and oxygen atoms in total. The summed E-state index contributed by atoms with van der Waals surface area (Å²) in [6.45, 7) is 5.17. The molecule has 3 unspecified atom stereocenters. The Morgan fingerprint density at radius 3 is 2.63 bits per heavy atom. The molecule has 0 amide bonds. The predicted molar refractivity (Wildman–Crippen MR) is 131 cm³/mol. The number of fused-ring (bicyclic) bond motifs is 2. The molecule has 186 valence electrons. The maximum atomic E-state index is 13.7. The number of carbonyl (C=O) groups is 1. The number of aromatic nitrogens is 2. The molecule has 2 heterocycles. The Morgan fingerprint density at radius 1 is 1.17 bits per heavy atom. The molecule has 1 aliphatic heterocycles. The minimum Gasteiger partial charge on any atom is -0.461 e. The smallest absolute Gasteiger partial charge is 0.362 e. The molecular weight excluding hydrogens is 442 g/mol. The molecule has 6 aliphatic rings. The van der Waals surface area contributed by atoms with Crippen molar-refractivity contribution in [3.8, 4) is 0 Å². The molecular formula is C28H35N3O4. The predicted octanol–water partition coefficient (Wildman–Crippen LogP) is 3.47. The summed E-state index contributed by atoms with van der Waals surface area (Å²) in [5.74, 6) is 1.01. The fraction of sp³-hybridized carbons (Fsp3) is 0.679. The van der Waals surface area contributed by atoms with Crippen molar-refractivity contribution in [3.63, 3.8) is 0 Å². The van der Waals surface area contributed by atoms with Crippen molar-refractivity contribution in [1.29, 1.82) is 0 Å². The number of ether oxygens (including phenoxy) is 1. The van der Waals surface area contributed by atoms with Crippen LogP contribution in [0.3, 0.4) is 0 Å². The van der Waals surface area contributed by atoms with Gasteiger partial charge in [0.05, 0.1) is 28.8 Å². The first-order valence-electron chi connectivity index (χ1n) is 13.4. The molecule has 0 radical (unpaired) electrons. The second-order valence-corrected chi connectivity index (χ2v) is 12.4. The highest BCUT2D eigenvalue weighted by Gasteiger charge is 2.66. The van der Waals surface area contributed by atoms with Gasteiger partial charge in [-0.3, -0.25) is 14.3 Å². The van der Waals surface area contributed by atoms with E-state index in [2.05, 4.69) is 16.8 Å². The zero-order chi connectivity index (χ0) is 24.2. The second kappa shape index (κ2) is 7.16. The Kier molecular flexibility index (Phi) is 4.50. The van der Waals surface area contributed by atoms with Crippen LogP contribution in [0.5, 0.6) is 0 Å². The molecule has 1 N–H and O–H groups in total. The molecule has 5 saturated carbocycles. The van der Waals surface area contributed by atoms with Gasteiger partial charge in [0.25, 0.3) is 5.56 Å². The van der Waals surface area contributed by atoms with Crippen LogP contribution < -0.4 is 5.56 Å². The molecule has 7 heteroatoms. The van der Waals surface area contributed by atoms with Crippen molar-refractivity contribution in [2.45, 2.75) is 87.9 Å². The highest BCUT2D eigenvalue weighted by Crippen LogP contribution is 2.63. The van der Waals surface area contributed by atoms with Crippen LogP contribution in [0.4, 0.5) is 0 Å². The highest BCUT2D eigenvalue weighted by molar-refractivity contribution is 5.89. The van der Waals surface area contributed by atoms with Crippen LogP contribution in [0.1, 0.15) is 75.7 Å². The first-order chi connectivity index (χ1) is 16.8. The van der Waals surface area contributed by atoms with E-state index in [-0.39, 0.29) is 28.9 Å². The van der Waals surface area contributed by atoms with Crippen LogP contribution in [0, 0.1) is 17.8 Å². The Bertz CT molecular complexity index is 1270. The number of hydrogen-bond acceptors (Lipinski definition) is 6. The number of esters is 1. The van der Waals surface area contributed by atoms with Gasteiger partial charge in [-0.25, -0.2) is 9.78 Å². The summed E-state index contributed by atoms with van der Waals surface area (Å²) in [7, 11) is 0. The molecule has 1 aromatic heterocycles. The third kappa shape index (κ3) is 2.94. The van der Waals surface area contributed by atoms with E-state index in [1.54, 1.807) is 6.92 Å². The zero-order valence-electron chi connectivity index (χ0n) is 20.7.